The van der Waals surface area contributed by atoms with Gasteiger partial charge in [0.1, 0.15) is 0 Å². The zero-order valence-corrected chi connectivity index (χ0v) is 11.9. The van der Waals surface area contributed by atoms with Crippen LogP contribution in [-0.4, -0.2) is 10.8 Å². The Balaban J connectivity index is 1.95. The van der Waals surface area contributed by atoms with Gasteiger partial charge in [-0.05, 0) is 17.5 Å². The van der Waals surface area contributed by atoms with Crippen LogP contribution in [0.25, 0.3) is 20.9 Å². The van der Waals surface area contributed by atoms with E-state index in [0.29, 0.717) is 0 Å². The highest BCUT2D eigenvalue weighted by atomic mass is 32.1. The van der Waals surface area contributed by atoms with Gasteiger partial charge in [0.15, 0.2) is 5.78 Å². The van der Waals surface area contributed by atoms with Gasteiger partial charge in [0.25, 0.3) is 0 Å². The zero-order chi connectivity index (χ0) is 14.2. The molecular formula is C18H11NOS. The molecule has 0 spiro atoms. The molecule has 0 saturated carbocycles. The van der Waals surface area contributed by atoms with Crippen LogP contribution in [0.4, 0.5) is 0 Å². The molecule has 0 radical (unpaired) electrons. The molecule has 4 aromatic rings. The molecule has 0 aliphatic heterocycles. The standard InChI is InChI=1S/C18H11NOS/c20-18(16-11-21-17-7-2-1-5-14(16)17)15-6-3-4-12-10-19-9-8-13(12)15/h1-11H. The number of hydrogen-bond acceptors (Lipinski definition) is 3. The normalized spacial score (nSPS) is 11.0. The minimum absolute atomic E-state index is 0.0734. The number of pyridine rings is 1. The largest absolute Gasteiger partial charge is 0.289 e. The summed E-state index contributed by atoms with van der Waals surface area (Å²) in [5.74, 6) is 0.0734. The number of carbonyl (C=O) groups excluding carboxylic acids is 1. The molecule has 21 heavy (non-hydrogen) atoms. The van der Waals surface area contributed by atoms with E-state index in [1.807, 2.05) is 53.9 Å². The molecule has 100 valence electrons. The van der Waals surface area contributed by atoms with E-state index in [4.69, 9.17) is 0 Å². The smallest absolute Gasteiger partial charge is 0.195 e. The lowest BCUT2D eigenvalue weighted by molar-refractivity contribution is 0.104. The molecule has 0 atom stereocenters. The van der Waals surface area contributed by atoms with Crippen molar-refractivity contribution in [2.24, 2.45) is 0 Å². The number of fused-ring (bicyclic) bond motifs is 2. The van der Waals surface area contributed by atoms with Crippen molar-refractivity contribution in [3.05, 3.63) is 77.4 Å². The molecular weight excluding hydrogens is 278 g/mol. The van der Waals surface area contributed by atoms with E-state index in [0.717, 1.165) is 32.0 Å². The van der Waals surface area contributed by atoms with Gasteiger partial charge in [0.2, 0.25) is 0 Å². The molecule has 3 heteroatoms. The van der Waals surface area contributed by atoms with Crippen molar-refractivity contribution in [2.75, 3.05) is 0 Å². The Kier molecular flexibility index (Phi) is 2.79. The van der Waals surface area contributed by atoms with E-state index < -0.39 is 0 Å². The quantitative estimate of drug-likeness (QED) is 0.501. The lowest BCUT2D eigenvalue weighted by Crippen LogP contribution is -2.01. The number of benzene rings is 2. The molecule has 2 aromatic carbocycles. The third kappa shape index (κ3) is 1.94. The predicted octanol–water partition coefficient (Wildman–Crippen LogP) is 4.68. The first kappa shape index (κ1) is 12.2. The van der Waals surface area contributed by atoms with Crippen molar-refractivity contribution in [3.63, 3.8) is 0 Å². The van der Waals surface area contributed by atoms with Gasteiger partial charge in [0, 0.05) is 44.4 Å². The number of carbonyl (C=O) groups is 1. The number of nitrogens with zero attached hydrogens (tertiary/aromatic N) is 1. The van der Waals surface area contributed by atoms with E-state index >= 15 is 0 Å². The Morgan fingerprint density at radius 2 is 1.81 bits per heavy atom. The zero-order valence-electron chi connectivity index (χ0n) is 11.1. The maximum absolute atomic E-state index is 12.9. The van der Waals surface area contributed by atoms with Crippen LogP contribution in [0, 0.1) is 0 Å². The molecule has 0 saturated heterocycles. The summed E-state index contributed by atoms with van der Waals surface area (Å²) in [6, 6.07) is 15.7. The van der Waals surface area contributed by atoms with Crippen LogP contribution in [0.5, 0.6) is 0 Å². The summed E-state index contributed by atoms with van der Waals surface area (Å²) < 4.78 is 1.14. The second-order valence-corrected chi connectivity index (χ2v) is 5.79. The third-order valence-electron chi connectivity index (χ3n) is 3.65. The molecule has 2 heterocycles. The number of aromatic nitrogens is 1. The number of rotatable bonds is 2. The molecule has 0 unspecified atom stereocenters. The van der Waals surface area contributed by atoms with Gasteiger partial charge >= 0.3 is 0 Å². The van der Waals surface area contributed by atoms with Crippen molar-refractivity contribution in [3.8, 4) is 0 Å². The molecule has 0 fully saturated rings. The van der Waals surface area contributed by atoms with Crippen molar-refractivity contribution in [1.29, 1.82) is 0 Å². The van der Waals surface area contributed by atoms with Crippen molar-refractivity contribution in [2.45, 2.75) is 0 Å². The number of thiophene rings is 1. The van der Waals surface area contributed by atoms with Crippen molar-refractivity contribution < 1.29 is 4.79 Å². The fraction of sp³-hybridized carbons (Fsp3) is 0. The highest BCUT2D eigenvalue weighted by Crippen LogP contribution is 2.29. The second kappa shape index (κ2) is 4.79. The van der Waals surface area contributed by atoms with Crippen molar-refractivity contribution in [1.82, 2.24) is 4.98 Å². The van der Waals surface area contributed by atoms with Crippen LogP contribution in [-0.2, 0) is 0 Å². The first-order valence-electron chi connectivity index (χ1n) is 6.68. The van der Waals surface area contributed by atoms with Gasteiger partial charge in [-0.3, -0.25) is 9.78 Å². The number of ketones is 1. The minimum atomic E-state index is 0.0734. The fourth-order valence-corrected chi connectivity index (χ4v) is 3.56. The fourth-order valence-electron chi connectivity index (χ4n) is 2.62. The van der Waals surface area contributed by atoms with E-state index in [1.165, 1.54) is 0 Å². The summed E-state index contributed by atoms with van der Waals surface area (Å²) in [5, 5.41) is 4.92. The molecule has 0 bridgehead atoms. The Morgan fingerprint density at radius 3 is 2.76 bits per heavy atom. The maximum atomic E-state index is 12.9. The Labute approximate surface area is 125 Å². The molecule has 0 amide bonds. The Morgan fingerprint density at radius 1 is 0.905 bits per heavy atom. The predicted molar refractivity (Wildman–Crippen MR) is 87.0 cm³/mol. The van der Waals surface area contributed by atoms with Gasteiger partial charge in [0.05, 0.1) is 0 Å². The lowest BCUT2D eigenvalue weighted by atomic mass is 9.98. The van der Waals surface area contributed by atoms with Crippen LogP contribution in [0.15, 0.2) is 66.3 Å². The summed E-state index contributed by atoms with van der Waals surface area (Å²) in [6.45, 7) is 0. The van der Waals surface area contributed by atoms with Crippen LogP contribution < -0.4 is 0 Å². The summed E-state index contributed by atoms with van der Waals surface area (Å²) in [6.07, 6.45) is 3.52. The molecule has 4 rings (SSSR count). The van der Waals surface area contributed by atoms with E-state index in [9.17, 15) is 4.79 Å². The number of hydrogen-bond donors (Lipinski definition) is 0. The molecule has 0 aliphatic carbocycles. The first-order chi connectivity index (χ1) is 10.3. The van der Waals surface area contributed by atoms with Gasteiger partial charge in [-0.15, -0.1) is 11.3 Å². The third-order valence-corrected chi connectivity index (χ3v) is 4.61. The Bertz CT molecular complexity index is 966. The molecule has 2 aromatic heterocycles. The van der Waals surface area contributed by atoms with E-state index in [2.05, 4.69) is 4.98 Å². The van der Waals surface area contributed by atoms with E-state index in [-0.39, 0.29) is 5.78 Å². The molecule has 2 nitrogen and oxygen atoms in total. The summed E-state index contributed by atoms with van der Waals surface area (Å²) in [4.78, 5) is 17.0. The van der Waals surface area contributed by atoms with Crippen molar-refractivity contribution >= 4 is 38.0 Å². The Hall–Kier alpha value is -2.52. The molecule has 0 aliphatic rings. The minimum Gasteiger partial charge on any atom is -0.289 e. The SMILES string of the molecule is O=C(c1cccc2cnccc12)c1csc2ccccc12. The van der Waals surface area contributed by atoms with Gasteiger partial charge < -0.3 is 0 Å². The maximum Gasteiger partial charge on any atom is 0.195 e. The van der Waals surface area contributed by atoms with Crippen LogP contribution >= 0.6 is 11.3 Å². The average Bonchev–Trinajstić information content (AvgIpc) is 2.98. The van der Waals surface area contributed by atoms with Gasteiger partial charge in [-0.25, -0.2) is 0 Å². The molecule has 0 N–H and O–H groups in total. The highest BCUT2D eigenvalue weighted by Gasteiger charge is 2.16. The average molecular weight is 289 g/mol. The van der Waals surface area contributed by atoms with Gasteiger partial charge in [-0.2, -0.15) is 0 Å². The van der Waals surface area contributed by atoms with Crippen LogP contribution in [0.3, 0.4) is 0 Å². The lowest BCUT2D eigenvalue weighted by Gasteiger charge is -2.05. The monoisotopic (exact) mass is 289 g/mol. The van der Waals surface area contributed by atoms with Crippen LogP contribution in [0.2, 0.25) is 0 Å². The van der Waals surface area contributed by atoms with E-state index in [1.54, 1.807) is 23.7 Å². The van der Waals surface area contributed by atoms with Crippen LogP contribution in [0.1, 0.15) is 15.9 Å². The summed E-state index contributed by atoms with van der Waals surface area (Å²) in [5.41, 5.74) is 1.51. The highest BCUT2D eigenvalue weighted by molar-refractivity contribution is 7.17. The summed E-state index contributed by atoms with van der Waals surface area (Å²) in [7, 11) is 0. The topological polar surface area (TPSA) is 30.0 Å². The van der Waals surface area contributed by atoms with Gasteiger partial charge in [-0.1, -0.05) is 36.4 Å². The summed E-state index contributed by atoms with van der Waals surface area (Å²) >= 11 is 1.61. The second-order valence-electron chi connectivity index (χ2n) is 4.88. The first-order valence-corrected chi connectivity index (χ1v) is 7.56.